The lowest BCUT2D eigenvalue weighted by atomic mass is 10.0. The molecule has 0 spiro atoms. The monoisotopic (exact) mass is 426 g/mol. The van der Waals surface area contributed by atoms with E-state index in [0.29, 0.717) is 5.69 Å². The van der Waals surface area contributed by atoms with Crippen LogP contribution in [-0.4, -0.2) is 25.1 Å². The summed E-state index contributed by atoms with van der Waals surface area (Å²) in [4.78, 5) is 12.9. The third kappa shape index (κ3) is 2.96. The first-order valence-corrected chi connectivity index (χ1v) is 10.4. The Bertz CT molecular complexity index is 1580. The lowest BCUT2D eigenvalue weighted by Crippen LogP contribution is -1.87. The summed E-state index contributed by atoms with van der Waals surface area (Å²) in [6.07, 6.45) is 5.14. The summed E-state index contributed by atoms with van der Waals surface area (Å²) in [5.74, 6) is 0. The highest BCUT2D eigenvalue weighted by atomic mass is 32.1. The number of benzene rings is 1. The quantitative estimate of drug-likeness (QED) is 0.342. The Morgan fingerprint density at radius 3 is 2.61 bits per heavy atom. The van der Waals surface area contributed by atoms with Gasteiger partial charge in [-0.15, -0.1) is 11.3 Å². The van der Waals surface area contributed by atoms with E-state index in [1.54, 1.807) is 24.7 Å². The fourth-order valence-electron chi connectivity index (χ4n) is 3.83. The molecule has 0 atom stereocenters. The van der Waals surface area contributed by atoms with Gasteiger partial charge in [0.2, 0.25) is 0 Å². The largest absolute Gasteiger partial charge is 0.397 e. The van der Waals surface area contributed by atoms with Gasteiger partial charge in [0, 0.05) is 40.4 Å². The Kier molecular flexibility index (Phi) is 3.87. The number of anilines is 1. The van der Waals surface area contributed by atoms with Gasteiger partial charge in [0.15, 0.2) is 5.13 Å². The predicted molar refractivity (Wildman–Crippen MR) is 122 cm³/mol. The SMILES string of the molecule is Nc1cncc(-c2ccc3[nH]nc(-c4cc5c(-c6ccc(F)s6)nccc5[nH]4)c3c2)c1. The molecule has 5 heterocycles. The van der Waals surface area contributed by atoms with Gasteiger partial charge in [-0.25, -0.2) is 0 Å². The molecule has 6 rings (SSSR count). The lowest BCUT2D eigenvalue weighted by molar-refractivity contribution is 0.657. The van der Waals surface area contributed by atoms with Crippen LogP contribution in [0, 0.1) is 5.13 Å². The topological polar surface area (TPSA) is 96.3 Å². The average molecular weight is 426 g/mol. The molecule has 0 aliphatic rings. The van der Waals surface area contributed by atoms with Gasteiger partial charge in [0.25, 0.3) is 0 Å². The zero-order chi connectivity index (χ0) is 20.9. The maximum atomic E-state index is 13.6. The van der Waals surface area contributed by atoms with Crippen LogP contribution in [0.3, 0.4) is 0 Å². The van der Waals surface area contributed by atoms with Gasteiger partial charge in [-0.3, -0.25) is 15.1 Å². The number of nitrogens with two attached hydrogens (primary N) is 1. The van der Waals surface area contributed by atoms with Crippen LogP contribution in [0.1, 0.15) is 0 Å². The standard InChI is InChI=1S/C23H15FN6S/c24-21-4-3-20(31-21)23-16-9-19(28-17(16)5-6-27-23)22-15-8-12(1-2-18(15)29-30-22)13-7-14(25)11-26-10-13/h1-11,28H,25H2,(H,29,30). The average Bonchev–Trinajstić information content (AvgIpc) is 3.50. The number of nitrogens with zero attached hydrogens (tertiary/aromatic N) is 3. The van der Waals surface area contributed by atoms with Crippen molar-refractivity contribution in [3.8, 4) is 33.1 Å². The van der Waals surface area contributed by atoms with Crippen molar-refractivity contribution in [2.45, 2.75) is 0 Å². The summed E-state index contributed by atoms with van der Waals surface area (Å²) in [5, 5.41) is 9.31. The fourth-order valence-corrected chi connectivity index (χ4v) is 4.58. The van der Waals surface area contributed by atoms with Gasteiger partial charge in [-0.05, 0) is 48.0 Å². The lowest BCUT2D eigenvalue weighted by Gasteiger charge is -2.03. The van der Waals surface area contributed by atoms with Crippen LogP contribution in [0.2, 0.25) is 0 Å². The Morgan fingerprint density at radius 2 is 1.77 bits per heavy atom. The molecule has 1 aromatic carbocycles. The number of aromatic nitrogens is 5. The molecule has 4 N–H and O–H groups in total. The van der Waals surface area contributed by atoms with Crippen LogP contribution in [0.4, 0.5) is 10.1 Å². The van der Waals surface area contributed by atoms with Crippen molar-refractivity contribution < 1.29 is 4.39 Å². The predicted octanol–water partition coefficient (Wildman–Crippen LogP) is 5.62. The van der Waals surface area contributed by atoms with Crippen LogP contribution < -0.4 is 5.73 Å². The van der Waals surface area contributed by atoms with Gasteiger partial charge in [-0.1, -0.05) is 6.07 Å². The van der Waals surface area contributed by atoms with E-state index in [1.165, 1.54) is 6.07 Å². The fraction of sp³-hybridized carbons (Fsp3) is 0. The molecule has 0 saturated carbocycles. The summed E-state index contributed by atoms with van der Waals surface area (Å²) < 4.78 is 13.6. The second-order valence-corrected chi connectivity index (χ2v) is 8.28. The highest BCUT2D eigenvalue weighted by molar-refractivity contribution is 7.13. The smallest absolute Gasteiger partial charge is 0.177 e. The van der Waals surface area contributed by atoms with Crippen molar-refractivity contribution in [2.24, 2.45) is 0 Å². The van der Waals surface area contributed by atoms with E-state index in [9.17, 15) is 4.39 Å². The van der Waals surface area contributed by atoms with Gasteiger partial charge in [0.05, 0.1) is 27.5 Å². The van der Waals surface area contributed by atoms with Gasteiger partial charge < -0.3 is 10.7 Å². The molecule has 0 aliphatic carbocycles. The molecule has 0 amide bonds. The number of thiophene rings is 1. The number of rotatable bonds is 3. The molecule has 150 valence electrons. The Labute approximate surface area is 179 Å². The van der Waals surface area contributed by atoms with E-state index < -0.39 is 0 Å². The number of hydrogen-bond donors (Lipinski definition) is 3. The van der Waals surface area contributed by atoms with E-state index >= 15 is 0 Å². The zero-order valence-corrected chi connectivity index (χ0v) is 16.9. The zero-order valence-electron chi connectivity index (χ0n) is 16.1. The molecule has 6 aromatic rings. The molecule has 31 heavy (non-hydrogen) atoms. The number of pyridine rings is 2. The van der Waals surface area contributed by atoms with E-state index in [2.05, 4.69) is 31.2 Å². The molecule has 5 aromatic heterocycles. The van der Waals surface area contributed by atoms with Gasteiger partial charge in [0.1, 0.15) is 5.69 Å². The Hall–Kier alpha value is -4.04. The van der Waals surface area contributed by atoms with E-state index in [0.717, 1.165) is 66.2 Å². The second-order valence-electron chi connectivity index (χ2n) is 7.25. The number of halogens is 1. The van der Waals surface area contributed by atoms with E-state index in [-0.39, 0.29) is 5.13 Å². The molecule has 8 heteroatoms. The minimum atomic E-state index is -0.230. The third-order valence-electron chi connectivity index (χ3n) is 5.27. The molecule has 0 radical (unpaired) electrons. The molecule has 0 unspecified atom stereocenters. The summed E-state index contributed by atoms with van der Waals surface area (Å²) >= 11 is 1.08. The summed E-state index contributed by atoms with van der Waals surface area (Å²) in [7, 11) is 0. The normalized spacial score (nSPS) is 11.5. The van der Waals surface area contributed by atoms with E-state index in [4.69, 9.17) is 5.73 Å². The van der Waals surface area contributed by atoms with Gasteiger partial charge in [-0.2, -0.15) is 9.49 Å². The molecular formula is C23H15FN6S. The van der Waals surface area contributed by atoms with Crippen LogP contribution in [0.25, 0.3) is 54.9 Å². The summed E-state index contributed by atoms with van der Waals surface area (Å²) in [6, 6.07) is 15.1. The van der Waals surface area contributed by atoms with Crippen molar-refractivity contribution in [1.82, 2.24) is 25.1 Å². The highest BCUT2D eigenvalue weighted by Crippen LogP contribution is 2.36. The van der Waals surface area contributed by atoms with Crippen molar-refractivity contribution in [1.29, 1.82) is 0 Å². The van der Waals surface area contributed by atoms with Crippen molar-refractivity contribution in [3.63, 3.8) is 0 Å². The number of H-pyrrole nitrogens is 2. The molecule has 0 bridgehead atoms. The summed E-state index contributed by atoms with van der Waals surface area (Å²) in [6.45, 7) is 0. The van der Waals surface area contributed by atoms with Crippen molar-refractivity contribution >= 4 is 38.8 Å². The molecular weight excluding hydrogens is 411 g/mol. The number of aromatic amines is 2. The Morgan fingerprint density at radius 1 is 0.871 bits per heavy atom. The van der Waals surface area contributed by atoms with Crippen LogP contribution in [-0.2, 0) is 0 Å². The number of nitrogens with one attached hydrogen (secondary N) is 2. The maximum Gasteiger partial charge on any atom is 0.177 e. The number of nitrogen functional groups attached to an aromatic ring is 1. The van der Waals surface area contributed by atoms with E-state index in [1.807, 2.05) is 30.3 Å². The first kappa shape index (κ1) is 17.8. The second kappa shape index (κ2) is 6.75. The molecule has 0 aliphatic heterocycles. The highest BCUT2D eigenvalue weighted by Gasteiger charge is 2.16. The first-order valence-electron chi connectivity index (χ1n) is 9.58. The Balaban J connectivity index is 1.51. The van der Waals surface area contributed by atoms with Crippen molar-refractivity contribution in [3.05, 3.63) is 72.3 Å². The maximum absolute atomic E-state index is 13.6. The van der Waals surface area contributed by atoms with Crippen LogP contribution in [0.5, 0.6) is 0 Å². The molecule has 0 saturated heterocycles. The minimum absolute atomic E-state index is 0.230. The molecule has 6 nitrogen and oxygen atoms in total. The first-order chi connectivity index (χ1) is 15.2. The number of fused-ring (bicyclic) bond motifs is 2. The van der Waals surface area contributed by atoms with Crippen molar-refractivity contribution in [2.75, 3.05) is 5.73 Å². The number of hydrogen-bond acceptors (Lipinski definition) is 5. The van der Waals surface area contributed by atoms with Gasteiger partial charge >= 0.3 is 0 Å². The minimum Gasteiger partial charge on any atom is -0.397 e. The molecule has 0 fully saturated rings. The third-order valence-corrected chi connectivity index (χ3v) is 6.15. The summed E-state index contributed by atoms with van der Waals surface area (Å²) in [5.41, 5.74) is 12.7. The van der Waals surface area contributed by atoms with Crippen LogP contribution >= 0.6 is 11.3 Å². The van der Waals surface area contributed by atoms with Crippen LogP contribution in [0.15, 0.2) is 67.1 Å².